The third kappa shape index (κ3) is 4.35. The van der Waals surface area contributed by atoms with Crippen molar-refractivity contribution in [2.24, 2.45) is 0 Å². The van der Waals surface area contributed by atoms with Crippen molar-refractivity contribution in [3.8, 4) is 0 Å². The van der Waals surface area contributed by atoms with E-state index in [0.717, 1.165) is 36.3 Å². The Morgan fingerprint density at radius 2 is 1.93 bits per heavy atom. The van der Waals surface area contributed by atoms with E-state index < -0.39 is 23.8 Å². The molecule has 27 heavy (non-hydrogen) atoms. The second-order valence-electron chi connectivity index (χ2n) is 6.77. The molecule has 0 spiro atoms. The summed E-state index contributed by atoms with van der Waals surface area (Å²) in [7, 11) is 0. The van der Waals surface area contributed by atoms with Gasteiger partial charge in [0.05, 0.1) is 11.6 Å². The van der Waals surface area contributed by atoms with Gasteiger partial charge < -0.3 is 5.11 Å². The average molecular weight is 397 g/mol. The van der Waals surface area contributed by atoms with Gasteiger partial charge in [-0.3, -0.25) is 9.69 Å². The molecule has 0 bridgehead atoms. The number of aliphatic carboxylic acids is 1. The van der Waals surface area contributed by atoms with Crippen LogP contribution in [0.15, 0.2) is 36.4 Å². The molecule has 146 valence electrons. The second kappa shape index (κ2) is 8.02. The maximum atomic E-state index is 12.9. The number of hydrogen-bond donors (Lipinski definition) is 1. The number of carboxylic acids is 1. The Morgan fingerprint density at radius 3 is 2.48 bits per heavy atom. The molecule has 2 aromatic rings. The Labute approximate surface area is 160 Å². The van der Waals surface area contributed by atoms with Crippen LogP contribution in [0.5, 0.6) is 0 Å². The zero-order valence-electron chi connectivity index (χ0n) is 15.0. The predicted octanol–water partition coefficient (Wildman–Crippen LogP) is 5.36. The van der Waals surface area contributed by atoms with Gasteiger partial charge in [-0.25, -0.2) is 0 Å². The molecule has 0 aliphatic carbocycles. The van der Waals surface area contributed by atoms with Crippen LogP contribution in [0.1, 0.15) is 53.1 Å². The first-order valence-electron chi connectivity index (χ1n) is 9.05. The van der Waals surface area contributed by atoms with Gasteiger partial charge in [-0.05, 0) is 55.6 Å². The molecule has 1 aliphatic rings. The summed E-state index contributed by atoms with van der Waals surface area (Å²) >= 11 is 1.60. The number of likely N-dealkylation sites (tertiary alicyclic amines) is 1. The zero-order valence-corrected chi connectivity index (χ0v) is 15.8. The number of carbonyl (C=O) groups is 1. The van der Waals surface area contributed by atoms with E-state index in [2.05, 4.69) is 0 Å². The van der Waals surface area contributed by atoms with E-state index in [0.29, 0.717) is 18.5 Å². The molecule has 0 radical (unpaired) electrons. The lowest BCUT2D eigenvalue weighted by Crippen LogP contribution is -2.46. The Balaban J connectivity index is 2.03. The van der Waals surface area contributed by atoms with Crippen LogP contribution in [-0.4, -0.2) is 28.6 Å². The fraction of sp³-hybridized carbons (Fsp3) is 0.450. The second-order valence-corrected chi connectivity index (χ2v) is 7.97. The van der Waals surface area contributed by atoms with Gasteiger partial charge in [0.1, 0.15) is 6.04 Å². The molecule has 2 atom stereocenters. The molecular formula is C20H22F3NO2S. The van der Waals surface area contributed by atoms with Gasteiger partial charge in [-0.2, -0.15) is 13.2 Å². The van der Waals surface area contributed by atoms with E-state index in [4.69, 9.17) is 0 Å². The molecule has 0 amide bonds. The van der Waals surface area contributed by atoms with Crippen LogP contribution in [0.4, 0.5) is 13.2 Å². The number of alkyl halides is 3. The quantitative estimate of drug-likeness (QED) is 0.739. The highest BCUT2D eigenvalue weighted by atomic mass is 32.1. The molecule has 3 nitrogen and oxygen atoms in total. The molecule has 1 aromatic carbocycles. The average Bonchev–Trinajstić information content (AvgIpc) is 3.11. The standard InChI is InChI=1S/C20H22F3NO2S/c1-2-15-10-11-17(27-15)18(24-12-4-3-5-16(24)19(25)26)13-6-8-14(9-7-13)20(21,22)23/h6-11,16,18H,2-5,12H2,1H3,(H,25,26). The van der Waals surface area contributed by atoms with Crippen molar-refractivity contribution in [1.82, 2.24) is 4.90 Å². The first-order chi connectivity index (χ1) is 12.8. The van der Waals surface area contributed by atoms with E-state index in [1.165, 1.54) is 17.0 Å². The van der Waals surface area contributed by atoms with Gasteiger partial charge >= 0.3 is 12.1 Å². The van der Waals surface area contributed by atoms with E-state index in [1.807, 2.05) is 24.0 Å². The van der Waals surface area contributed by atoms with Crippen LogP contribution in [0.25, 0.3) is 0 Å². The normalized spacial score (nSPS) is 19.8. The molecule has 1 aromatic heterocycles. The SMILES string of the molecule is CCc1ccc(C(c2ccc(C(F)(F)F)cc2)N2CCCCC2C(=O)O)s1. The first kappa shape index (κ1) is 19.9. The van der Waals surface area contributed by atoms with Crippen LogP contribution in [0.2, 0.25) is 0 Å². The molecule has 1 saturated heterocycles. The maximum Gasteiger partial charge on any atom is 0.416 e. The summed E-state index contributed by atoms with van der Waals surface area (Å²) in [5.74, 6) is -0.876. The summed E-state index contributed by atoms with van der Waals surface area (Å²) in [6.07, 6.45) is -1.24. The van der Waals surface area contributed by atoms with Crippen molar-refractivity contribution >= 4 is 17.3 Å². The summed E-state index contributed by atoms with van der Waals surface area (Å²) in [5, 5.41) is 9.67. The lowest BCUT2D eigenvalue weighted by molar-refractivity contribution is -0.145. The minimum absolute atomic E-state index is 0.348. The molecule has 0 saturated carbocycles. The van der Waals surface area contributed by atoms with Crippen LogP contribution >= 0.6 is 11.3 Å². The number of aryl methyl sites for hydroxylation is 1. The smallest absolute Gasteiger partial charge is 0.416 e. The lowest BCUT2D eigenvalue weighted by Gasteiger charge is -2.39. The molecule has 3 rings (SSSR count). The van der Waals surface area contributed by atoms with Crippen molar-refractivity contribution < 1.29 is 23.1 Å². The highest BCUT2D eigenvalue weighted by molar-refractivity contribution is 7.12. The highest BCUT2D eigenvalue weighted by Crippen LogP contribution is 2.39. The van der Waals surface area contributed by atoms with Crippen molar-refractivity contribution in [2.75, 3.05) is 6.54 Å². The summed E-state index contributed by atoms with van der Waals surface area (Å²) in [4.78, 5) is 15.9. The Morgan fingerprint density at radius 1 is 1.22 bits per heavy atom. The Bertz CT molecular complexity index is 785. The van der Waals surface area contributed by atoms with Crippen molar-refractivity contribution in [3.63, 3.8) is 0 Å². The number of piperidine rings is 1. The maximum absolute atomic E-state index is 12.9. The van der Waals surface area contributed by atoms with E-state index in [9.17, 15) is 23.1 Å². The van der Waals surface area contributed by atoms with Crippen molar-refractivity contribution in [3.05, 3.63) is 57.3 Å². The molecular weight excluding hydrogens is 375 g/mol. The van der Waals surface area contributed by atoms with Crippen molar-refractivity contribution in [1.29, 1.82) is 0 Å². The van der Waals surface area contributed by atoms with Gasteiger partial charge in [-0.15, -0.1) is 11.3 Å². The topological polar surface area (TPSA) is 40.5 Å². The summed E-state index contributed by atoms with van der Waals surface area (Å²) in [6.45, 7) is 2.66. The van der Waals surface area contributed by atoms with Crippen molar-refractivity contribution in [2.45, 2.75) is 50.9 Å². The number of thiophene rings is 1. The first-order valence-corrected chi connectivity index (χ1v) is 9.87. The number of hydrogen-bond acceptors (Lipinski definition) is 3. The number of rotatable bonds is 5. The monoisotopic (exact) mass is 397 g/mol. The van der Waals surface area contributed by atoms with Gasteiger partial charge in [0.15, 0.2) is 0 Å². The van der Waals surface area contributed by atoms with Crippen LogP contribution < -0.4 is 0 Å². The third-order valence-corrected chi connectivity index (χ3v) is 6.30. The van der Waals surface area contributed by atoms with Gasteiger partial charge in [-0.1, -0.05) is 25.5 Å². The summed E-state index contributed by atoms with van der Waals surface area (Å²) < 4.78 is 38.8. The predicted molar refractivity (Wildman–Crippen MR) is 99.0 cm³/mol. The van der Waals surface area contributed by atoms with Gasteiger partial charge in [0.25, 0.3) is 0 Å². The summed E-state index contributed by atoms with van der Waals surface area (Å²) in [6, 6.07) is 8.12. The van der Waals surface area contributed by atoms with E-state index in [-0.39, 0.29) is 6.04 Å². The number of nitrogens with zero attached hydrogens (tertiary/aromatic N) is 1. The molecule has 1 aliphatic heterocycles. The van der Waals surface area contributed by atoms with Gasteiger partial charge in [0, 0.05) is 9.75 Å². The van der Waals surface area contributed by atoms with Crippen LogP contribution in [-0.2, 0) is 17.4 Å². The van der Waals surface area contributed by atoms with E-state index >= 15 is 0 Å². The fourth-order valence-electron chi connectivity index (χ4n) is 3.63. The summed E-state index contributed by atoms with van der Waals surface area (Å²) in [5.41, 5.74) is -0.000455. The Kier molecular flexibility index (Phi) is 5.91. The molecule has 1 N–H and O–H groups in total. The molecule has 1 fully saturated rings. The highest BCUT2D eigenvalue weighted by Gasteiger charge is 2.36. The minimum Gasteiger partial charge on any atom is -0.480 e. The number of halogens is 3. The lowest BCUT2D eigenvalue weighted by atomic mass is 9.94. The Hall–Kier alpha value is -1.86. The van der Waals surface area contributed by atoms with Gasteiger partial charge in [0.2, 0.25) is 0 Å². The van der Waals surface area contributed by atoms with Crippen LogP contribution in [0.3, 0.4) is 0 Å². The number of benzene rings is 1. The fourth-order valence-corrected chi connectivity index (χ4v) is 4.74. The molecule has 2 heterocycles. The minimum atomic E-state index is -4.39. The molecule has 7 heteroatoms. The number of carboxylic acid groups (broad SMARTS) is 1. The van der Waals surface area contributed by atoms with Crippen LogP contribution in [0, 0.1) is 0 Å². The largest absolute Gasteiger partial charge is 0.480 e. The third-order valence-electron chi connectivity index (χ3n) is 5.02. The molecule has 2 unspecified atom stereocenters. The van der Waals surface area contributed by atoms with E-state index in [1.54, 1.807) is 11.3 Å². The zero-order chi connectivity index (χ0) is 19.6.